The summed E-state index contributed by atoms with van der Waals surface area (Å²) in [5.74, 6) is 2.05. The molecule has 2 aromatic carbocycles. The van der Waals surface area contributed by atoms with Gasteiger partial charge in [0, 0.05) is 0 Å². The maximum atomic E-state index is 5.90. The molecule has 2 aromatic rings. The summed E-state index contributed by atoms with van der Waals surface area (Å²) in [4.78, 5) is 0. The molecule has 0 saturated heterocycles. The molecule has 0 aliphatic carbocycles. The molecule has 0 amide bonds. The van der Waals surface area contributed by atoms with E-state index in [4.69, 9.17) is 15.2 Å². The van der Waals surface area contributed by atoms with Crippen molar-refractivity contribution in [2.75, 3.05) is 20.3 Å². The monoisotopic (exact) mass is 285 g/mol. The van der Waals surface area contributed by atoms with Crippen molar-refractivity contribution < 1.29 is 9.47 Å². The van der Waals surface area contributed by atoms with Gasteiger partial charge < -0.3 is 15.2 Å². The number of nitrogens with two attached hydrogens (primary N) is 1. The molecule has 2 N–H and O–H groups in total. The number of hydrogen-bond acceptors (Lipinski definition) is 3. The van der Waals surface area contributed by atoms with Crippen molar-refractivity contribution >= 4 is 0 Å². The van der Waals surface area contributed by atoms with E-state index >= 15 is 0 Å². The van der Waals surface area contributed by atoms with Crippen LogP contribution in [0.15, 0.2) is 48.5 Å². The zero-order chi connectivity index (χ0) is 15.1. The van der Waals surface area contributed by atoms with Crippen LogP contribution in [0.3, 0.4) is 0 Å². The largest absolute Gasteiger partial charge is 0.497 e. The fraction of sp³-hybridized carbons (Fsp3) is 0.333. The highest BCUT2D eigenvalue weighted by molar-refractivity contribution is 5.31. The molecule has 1 atom stereocenters. The predicted octanol–water partition coefficient (Wildman–Crippen LogP) is 3.52. The van der Waals surface area contributed by atoms with E-state index in [1.807, 2.05) is 30.3 Å². The van der Waals surface area contributed by atoms with Crippen molar-refractivity contribution in [2.24, 2.45) is 5.73 Å². The van der Waals surface area contributed by atoms with E-state index in [0.717, 1.165) is 17.9 Å². The highest BCUT2D eigenvalue weighted by atomic mass is 16.5. The standard InChI is InChI=1S/C18H23NO2/c1-14-6-8-17(9-7-14)21-11-10-16(13-19)15-4-3-5-18(12-15)20-2/h3-9,12,16H,10-11,13,19H2,1-2H3. The fourth-order valence-electron chi connectivity index (χ4n) is 2.27. The van der Waals surface area contributed by atoms with E-state index in [-0.39, 0.29) is 5.92 Å². The summed E-state index contributed by atoms with van der Waals surface area (Å²) < 4.78 is 11.0. The molecule has 21 heavy (non-hydrogen) atoms. The van der Waals surface area contributed by atoms with Crippen LogP contribution < -0.4 is 15.2 Å². The Kier molecular flexibility index (Phi) is 5.64. The molecule has 0 saturated carbocycles. The SMILES string of the molecule is COc1cccc(C(CN)CCOc2ccc(C)cc2)c1. The van der Waals surface area contributed by atoms with E-state index in [9.17, 15) is 0 Å². The minimum Gasteiger partial charge on any atom is -0.497 e. The second-order valence-corrected chi connectivity index (χ2v) is 5.16. The molecule has 0 heterocycles. The van der Waals surface area contributed by atoms with Gasteiger partial charge in [0.15, 0.2) is 0 Å². The molecule has 2 rings (SSSR count). The molecule has 0 aromatic heterocycles. The molecule has 0 aliphatic heterocycles. The first kappa shape index (κ1) is 15.4. The fourth-order valence-corrected chi connectivity index (χ4v) is 2.27. The van der Waals surface area contributed by atoms with Gasteiger partial charge in [-0.3, -0.25) is 0 Å². The van der Waals surface area contributed by atoms with Crippen molar-refractivity contribution in [2.45, 2.75) is 19.3 Å². The minimum absolute atomic E-state index is 0.283. The van der Waals surface area contributed by atoms with Crippen LogP contribution in [0.5, 0.6) is 11.5 Å². The lowest BCUT2D eigenvalue weighted by atomic mass is 9.96. The Morgan fingerprint density at radius 2 is 1.81 bits per heavy atom. The van der Waals surface area contributed by atoms with Crippen molar-refractivity contribution in [3.63, 3.8) is 0 Å². The van der Waals surface area contributed by atoms with Crippen LogP contribution in [0.25, 0.3) is 0 Å². The van der Waals surface area contributed by atoms with Crippen molar-refractivity contribution in [3.8, 4) is 11.5 Å². The lowest BCUT2D eigenvalue weighted by Gasteiger charge is -2.16. The number of rotatable bonds is 7. The molecule has 112 valence electrons. The number of benzene rings is 2. The van der Waals surface area contributed by atoms with Crippen LogP contribution in [-0.4, -0.2) is 20.3 Å². The lowest BCUT2D eigenvalue weighted by molar-refractivity contribution is 0.298. The van der Waals surface area contributed by atoms with Gasteiger partial charge in [0.25, 0.3) is 0 Å². The van der Waals surface area contributed by atoms with Crippen molar-refractivity contribution in [3.05, 3.63) is 59.7 Å². The van der Waals surface area contributed by atoms with Crippen LogP contribution in [0, 0.1) is 6.92 Å². The second kappa shape index (κ2) is 7.70. The van der Waals surface area contributed by atoms with Crippen LogP contribution >= 0.6 is 0 Å². The first-order valence-corrected chi connectivity index (χ1v) is 7.26. The maximum absolute atomic E-state index is 5.90. The van der Waals surface area contributed by atoms with Gasteiger partial charge in [-0.1, -0.05) is 29.8 Å². The molecule has 1 unspecified atom stereocenters. The number of methoxy groups -OCH3 is 1. The molecule has 3 heteroatoms. The Labute approximate surface area is 126 Å². The Morgan fingerprint density at radius 3 is 2.48 bits per heavy atom. The van der Waals surface area contributed by atoms with Gasteiger partial charge in [-0.15, -0.1) is 0 Å². The molecular formula is C18H23NO2. The number of aryl methyl sites for hydroxylation is 1. The van der Waals surface area contributed by atoms with Gasteiger partial charge in [0.2, 0.25) is 0 Å². The topological polar surface area (TPSA) is 44.5 Å². The van der Waals surface area contributed by atoms with Crippen LogP contribution in [0.2, 0.25) is 0 Å². The first-order valence-electron chi connectivity index (χ1n) is 7.26. The average molecular weight is 285 g/mol. The van der Waals surface area contributed by atoms with E-state index in [1.54, 1.807) is 7.11 Å². The third-order valence-corrected chi connectivity index (χ3v) is 3.61. The van der Waals surface area contributed by atoms with Gasteiger partial charge in [-0.25, -0.2) is 0 Å². The Morgan fingerprint density at radius 1 is 1.05 bits per heavy atom. The summed E-state index contributed by atoms with van der Waals surface area (Å²) in [7, 11) is 1.68. The van der Waals surface area contributed by atoms with Crippen LogP contribution in [0.4, 0.5) is 0 Å². The van der Waals surface area contributed by atoms with Crippen molar-refractivity contribution in [1.82, 2.24) is 0 Å². The highest BCUT2D eigenvalue weighted by Crippen LogP contribution is 2.23. The second-order valence-electron chi connectivity index (χ2n) is 5.16. The summed E-state index contributed by atoms with van der Waals surface area (Å²) in [5, 5.41) is 0. The quantitative estimate of drug-likeness (QED) is 0.846. The number of ether oxygens (including phenoxy) is 2. The Hall–Kier alpha value is -2.00. The molecular weight excluding hydrogens is 262 g/mol. The molecule has 0 radical (unpaired) electrons. The lowest BCUT2D eigenvalue weighted by Crippen LogP contribution is -2.15. The van der Waals surface area contributed by atoms with Gasteiger partial charge in [-0.05, 0) is 55.6 Å². The smallest absolute Gasteiger partial charge is 0.119 e. The first-order chi connectivity index (χ1) is 10.2. The van der Waals surface area contributed by atoms with E-state index in [0.29, 0.717) is 13.2 Å². The molecule has 3 nitrogen and oxygen atoms in total. The minimum atomic E-state index is 0.283. The number of hydrogen-bond donors (Lipinski definition) is 1. The zero-order valence-corrected chi connectivity index (χ0v) is 12.7. The van der Waals surface area contributed by atoms with E-state index in [2.05, 4.69) is 25.1 Å². The Bertz CT molecular complexity index is 551. The van der Waals surface area contributed by atoms with Crippen molar-refractivity contribution in [1.29, 1.82) is 0 Å². The summed E-state index contributed by atoms with van der Waals surface area (Å²) in [6.07, 6.45) is 0.886. The molecule has 0 bridgehead atoms. The van der Waals surface area contributed by atoms with Gasteiger partial charge >= 0.3 is 0 Å². The summed E-state index contributed by atoms with van der Waals surface area (Å²) in [6.45, 7) is 3.32. The third-order valence-electron chi connectivity index (χ3n) is 3.61. The third kappa shape index (κ3) is 4.50. The van der Waals surface area contributed by atoms with Gasteiger partial charge in [0.1, 0.15) is 11.5 Å². The summed E-state index contributed by atoms with van der Waals surface area (Å²) >= 11 is 0. The van der Waals surface area contributed by atoms with Gasteiger partial charge in [0.05, 0.1) is 13.7 Å². The highest BCUT2D eigenvalue weighted by Gasteiger charge is 2.10. The van der Waals surface area contributed by atoms with E-state index < -0.39 is 0 Å². The Balaban J connectivity index is 1.91. The molecule has 0 spiro atoms. The summed E-state index contributed by atoms with van der Waals surface area (Å²) in [5.41, 5.74) is 8.33. The average Bonchev–Trinajstić information content (AvgIpc) is 2.53. The molecule has 0 fully saturated rings. The molecule has 0 aliphatic rings. The summed E-state index contributed by atoms with van der Waals surface area (Å²) in [6, 6.07) is 16.2. The zero-order valence-electron chi connectivity index (χ0n) is 12.7. The van der Waals surface area contributed by atoms with E-state index in [1.165, 1.54) is 11.1 Å². The predicted molar refractivity (Wildman–Crippen MR) is 86.1 cm³/mol. The van der Waals surface area contributed by atoms with Gasteiger partial charge in [-0.2, -0.15) is 0 Å². The normalized spacial score (nSPS) is 12.0. The van der Waals surface area contributed by atoms with Crippen LogP contribution in [0.1, 0.15) is 23.5 Å². The van der Waals surface area contributed by atoms with Crippen LogP contribution in [-0.2, 0) is 0 Å². The maximum Gasteiger partial charge on any atom is 0.119 e.